The van der Waals surface area contributed by atoms with E-state index in [1.165, 1.54) is 0 Å². The molecule has 3 rings (SSSR count). The first-order valence-electron chi connectivity index (χ1n) is 7.58. The minimum absolute atomic E-state index is 0.0296. The lowest BCUT2D eigenvalue weighted by Gasteiger charge is -2.26. The summed E-state index contributed by atoms with van der Waals surface area (Å²) >= 11 is 0. The summed E-state index contributed by atoms with van der Waals surface area (Å²) in [5.74, 6) is 2.31. The molecule has 0 spiro atoms. The first kappa shape index (κ1) is 14.8. The van der Waals surface area contributed by atoms with Crippen LogP contribution in [-0.4, -0.2) is 50.4 Å². The fourth-order valence-corrected chi connectivity index (χ4v) is 2.85. The normalized spacial score (nSPS) is 17.9. The highest BCUT2D eigenvalue weighted by atomic mass is 16.5. The molecule has 1 unspecified atom stereocenters. The van der Waals surface area contributed by atoms with Crippen LogP contribution in [0.5, 0.6) is 5.88 Å². The molecular formula is C15H21N5O2. The molecule has 0 saturated carbocycles. The smallest absolute Gasteiger partial charge is 0.234 e. The summed E-state index contributed by atoms with van der Waals surface area (Å²) in [6.45, 7) is 4.09. The number of anilines is 1. The van der Waals surface area contributed by atoms with Gasteiger partial charge in [-0.1, -0.05) is 0 Å². The van der Waals surface area contributed by atoms with E-state index in [2.05, 4.69) is 24.4 Å². The highest BCUT2D eigenvalue weighted by Crippen LogP contribution is 2.26. The molecule has 0 bridgehead atoms. The first-order chi connectivity index (χ1) is 10.8. The molecule has 2 aromatic heterocycles. The van der Waals surface area contributed by atoms with Crippen molar-refractivity contribution in [3.8, 4) is 5.88 Å². The van der Waals surface area contributed by atoms with Crippen molar-refractivity contribution in [1.82, 2.24) is 19.5 Å². The van der Waals surface area contributed by atoms with E-state index in [1.807, 2.05) is 19.3 Å². The minimum Gasteiger partial charge on any atom is -0.474 e. The summed E-state index contributed by atoms with van der Waals surface area (Å²) in [4.78, 5) is 15.3. The van der Waals surface area contributed by atoms with Crippen molar-refractivity contribution in [2.24, 2.45) is 0 Å². The van der Waals surface area contributed by atoms with Gasteiger partial charge >= 0.3 is 0 Å². The molecule has 0 amide bonds. The lowest BCUT2D eigenvalue weighted by molar-refractivity contribution is 0.196. The summed E-state index contributed by atoms with van der Waals surface area (Å²) in [5, 5.41) is 8.83. The Bertz CT molecular complexity index is 615. The zero-order valence-electron chi connectivity index (χ0n) is 12.7. The summed E-state index contributed by atoms with van der Waals surface area (Å²) in [5.41, 5.74) is 0. The van der Waals surface area contributed by atoms with Crippen LogP contribution in [0.4, 0.5) is 5.82 Å². The number of aryl methyl sites for hydroxylation is 1. The maximum Gasteiger partial charge on any atom is 0.234 e. The van der Waals surface area contributed by atoms with Crippen LogP contribution in [0, 0.1) is 6.92 Å². The fourth-order valence-electron chi connectivity index (χ4n) is 2.85. The SMILES string of the molecule is Cc1nccn1CC1CCCN1c1cncc(OCCO)n1. The van der Waals surface area contributed by atoms with Crippen molar-refractivity contribution in [2.75, 3.05) is 24.7 Å². The Morgan fingerprint density at radius 1 is 1.41 bits per heavy atom. The van der Waals surface area contributed by atoms with Crippen LogP contribution in [-0.2, 0) is 6.54 Å². The van der Waals surface area contributed by atoms with Gasteiger partial charge in [-0.25, -0.2) is 4.98 Å². The van der Waals surface area contributed by atoms with Crippen LogP contribution in [0.15, 0.2) is 24.8 Å². The van der Waals surface area contributed by atoms with Crippen LogP contribution in [0.1, 0.15) is 18.7 Å². The van der Waals surface area contributed by atoms with Crippen molar-refractivity contribution >= 4 is 5.82 Å². The van der Waals surface area contributed by atoms with Gasteiger partial charge in [0.25, 0.3) is 0 Å². The third-order valence-corrected chi connectivity index (χ3v) is 3.94. The van der Waals surface area contributed by atoms with E-state index >= 15 is 0 Å². The van der Waals surface area contributed by atoms with E-state index in [1.54, 1.807) is 12.4 Å². The molecule has 1 saturated heterocycles. The number of aliphatic hydroxyl groups excluding tert-OH is 1. The first-order valence-corrected chi connectivity index (χ1v) is 7.58. The maximum absolute atomic E-state index is 8.83. The number of hydrogen-bond acceptors (Lipinski definition) is 6. The van der Waals surface area contributed by atoms with Gasteiger partial charge in [-0.05, 0) is 19.8 Å². The molecule has 0 aliphatic carbocycles. The number of ether oxygens (including phenoxy) is 1. The Kier molecular flexibility index (Phi) is 4.53. The second-order valence-corrected chi connectivity index (χ2v) is 5.40. The highest BCUT2D eigenvalue weighted by molar-refractivity contribution is 5.40. The zero-order chi connectivity index (χ0) is 15.4. The molecule has 3 heterocycles. The molecule has 0 radical (unpaired) electrons. The van der Waals surface area contributed by atoms with Crippen molar-refractivity contribution in [2.45, 2.75) is 32.4 Å². The Labute approximate surface area is 129 Å². The third-order valence-electron chi connectivity index (χ3n) is 3.94. The van der Waals surface area contributed by atoms with E-state index in [0.717, 1.165) is 37.6 Å². The molecule has 2 aromatic rings. The van der Waals surface area contributed by atoms with Gasteiger partial charge in [0, 0.05) is 31.5 Å². The number of imidazole rings is 1. The lowest BCUT2D eigenvalue weighted by atomic mass is 10.2. The summed E-state index contributed by atoms with van der Waals surface area (Å²) in [7, 11) is 0. The zero-order valence-corrected chi connectivity index (χ0v) is 12.7. The van der Waals surface area contributed by atoms with Gasteiger partial charge in [-0.2, -0.15) is 4.98 Å². The maximum atomic E-state index is 8.83. The molecule has 0 aromatic carbocycles. The predicted octanol–water partition coefficient (Wildman–Crippen LogP) is 1.02. The second-order valence-electron chi connectivity index (χ2n) is 5.40. The average Bonchev–Trinajstić information content (AvgIpc) is 3.16. The van der Waals surface area contributed by atoms with Gasteiger partial charge in [0.1, 0.15) is 12.4 Å². The van der Waals surface area contributed by atoms with E-state index in [4.69, 9.17) is 9.84 Å². The number of hydrogen-bond donors (Lipinski definition) is 1. The van der Waals surface area contributed by atoms with Crippen LogP contribution in [0.2, 0.25) is 0 Å². The van der Waals surface area contributed by atoms with Gasteiger partial charge in [-0.3, -0.25) is 4.98 Å². The van der Waals surface area contributed by atoms with E-state index in [9.17, 15) is 0 Å². The molecule has 22 heavy (non-hydrogen) atoms. The molecule has 1 atom stereocenters. The average molecular weight is 303 g/mol. The van der Waals surface area contributed by atoms with Crippen molar-refractivity contribution in [1.29, 1.82) is 0 Å². The number of nitrogens with zero attached hydrogens (tertiary/aromatic N) is 5. The van der Waals surface area contributed by atoms with E-state index in [-0.39, 0.29) is 13.2 Å². The molecule has 7 heteroatoms. The molecule has 7 nitrogen and oxygen atoms in total. The second kappa shape index (κ2) is 6.74. The van der Waals surface area contributed by atoms with Gasteiger partial charge < -0.3 is 19.3 Å². The highest BCUT2D eigenvalue weighted by Gasteiger charge is 2.26. The van der Waals surface area contributed by atoms with Gasteiger partial charge in [0.15, 0.2) is 5.82 Å². The summed E-state index contributed by atoms with van der Waals surface area (Å²) in [6.07, 6.45) is 9.45. The van der Waals surface area contributed by atoms with Crippen LogP contribution in [0.25, 0.3) is 0 Å². The molecule has 1 aliphatic rings. The van der Waals surface area contributed by atoms with Crippen LogP contribution in [0.3, 0.4) is 0 Å². The minimum atomic E-state index is -0.0296. The number of aliphatic hydroxyl groups is 1. The van der Waals surface area contributed by atoms with Crippen molar-refractivity contribution in [3.05, 3.63) is 30.6 Å². The third kappa shape index (κ3) is 3.19. The van der Waals surface area contributed by atoms with Crippen LogP contribution < -0.4 is 9.64 Å². The van der Waals surface area contributed by atoms with Gasteiger partial charge in [0.2, 0.25) is 5.88 Å². The van der Waals surface area contributed by atoms with Crippen LogP contribution >= 0.6 is 0 Å². The Morgan fingerprint density at radius 3 is 3.09 bits per heavy atom. The fraction of sp³-hybridized carbons (Fsp3) is 0.533. The predicted molar refractivity (Wildman–Crippen MR) is 81.9 cm³/mol. The topological polar surface area (TPSA) is 76.3 Å². The van der Waals surface area contributed by atoms with Gasteiger partial charge in [-0.15, -0.1) is 0 Å². The molecule has 1 fully saturated rings. The standard InChI is InChI=1S/C15H21N5O2/c1-12-17-4-6-19(12)11-13-3-2-5-20(13)14-9-16-10-15(18-14)22-8-7-21/h4,6,9-10,13,21H,2-3,5,7-8,11H2,1H3. The Hall–Kier alpha value is -2.15. The van der Waals surface area contributed by atoms with Crippen molar-refractivity contribution < 1.29 is 9.84 Å². The van der Waals surface area contributed by atoms with Gasteiger partial charge in [0.05, 0.1) is 19.0 Å². The quantitative estimate of drug-likeness (QED) is 0.858. The monoisotopic (exact) mass is 303 g/mol. The van der Waals surface area contributed by atoms with Crippen molar-refractivity contribution in [3.63, 3.8) is 0 Å². The summed E-state index contributed by atoms with van der Waals surface area (Å²) < 4.78 is 7.52. The Morgan fingerprint density at radius 2 is 2.32 bits per heavy atom. The molecule has 1 N–H and O–H groups in total. The largest absolute Gasteiger partial charge is 0.474 e. The van der Waals surface area contributed by atoms with E-state index < -0.39 is 0 Å². The van der Waals surface area contributed by atoms with E-state index in [0.29, 0.717) is 11.9 Å². The Balaban J connectivity index is 1.73. The molecule has 118 valence electrons. The summed E-state index contributed by atoms with van der Waals surface area (Å²) in [6, 6.07) is 0.385. The molecular weight excluding hydrogens is 282 g/mol. The molecule has 1 aliphatic heterocycles. The lowest BCUT2D eigenvalue weighted by Crippen LogP contribution is -2.33. The number of rotatable bonds is 6. The number of aromatic nitrogens is 4.